The summed E-state index contributed by atoms with van der Waals surface area (Å²) in [4.78, 5) is 15.2. The third kappa shape index (κ3) is 2.83. The molecule has 0 unspecified atom stereocenters. The molecule has 0 spiro atoms. The second kappa shape index (κ2) is 5.29. The molecular weight excluding hydrogens is 304 g/mol. The van der Waals surface area contributed by atoms with Gasteiger partial charge in [-0.1, -0.05) is 23.9 Å². The molecule has 4 nitrogen and oxygen atoms in total. The van der Waals surface area contributed by atoms with E-state index in [4.69, 9.17) is 0 Å². The van der Waals surface area contributed by atoms with Gasteiger partial charge in [0, 0.05) is 12.3 Å². The average Bonchev–Trinajstić information content (AvgIpc) is 2.32. The summed E-state index contributed by atoms with van der Waals surface area (Å²) in [5, 5.41) is 11.6. The van der Waals surface area contributed by atoms with E-state index in [2.05, 4.69) is 20.9 Å². The zero-order valence-electron chi connectivity index (χ0n) is 8.54. The van der Waals surface area contributed by atoms with Crippen LogP contribution >= 0.6 is 27.7 Å². The van der Waals surface area contributed by atoms with Crippen LogP contribution in [0.5, 0.6) is 0 Å². The van der Waals surface area contributed by atoms with E-state index in [1.165, 1.54) is 17.8 Å². The number of pyridine rings is 1. The first kappa shape index (κ1) is 12.1. The number of hydrogen-bond acceptors (Lipinski definition) is 4. The number of hydrogen-bond donors (Lipinski definition) is 0. The van der Waals surface area contributed by atoms with E-state index >= 15 is 0 Å². The lowest BCUT2D eigenvalue weighted by atomic mass is 10.3. The van der Waals surface area contributed by atoms with Crippen molar-refractivity contribution in [3.63, 3.8) is 0 Å². The Morgan fingerprint density at radius 1 is 1.24 bits per heavy atom. The smallest absolute Gasteiger partial charge is 0.258 e. The minimum absolute atomic E-state index is 0.0926. The molecule has 2 rings (SSSR count). The van der Waals surface area contributed by atoms with Crippen LogP contribution in [-0.2, 0) is 0 Å². The largest absolute Gasteiger partial charge is 0.283 e. The molecule has 86 valence electrons. The molecule has 0 saturated heterocycles. The Morgan fingerprint density at radius 2 is 2.00 bits per heavy atom. The predicted molar refractivity (Wildman–Crippen MR) is 69.2 cm³/mol. The van der Waals surface area contributed by atoms with Gasteiger partial charge in [-0.25, -0.2) is 4.98 Å². The van der Waals surface area contributed by atoms with Gasteiger partial charge in [-0.2, -0.15) is 0 Å². The Labute approximate surface area is 110 Å². The normalized spacial score (nSPS) is 10.2. The Bertz CT molecular complexity index is 563. The molecule has 0 N–H and O–H groups in total. The van der Waals surface area contributed by atoms with Crippen LogP contribution in [0.1, 0.15) is 0 Å². The number of para-hydroxylation sites is 1. The summed E-state index contributed by atoms with van der Waals surface area (Å²) < 4.78 is 0.822. The van der Waals surface area contributed by atoms with E-state index in [1.54, 1.807) is 30.5 Å². The monoisotopic (exact) mass is 310 g/mol. The van der Waals surface area contributed by atoms with Gasteiger partial charge in [-0.3, -0.25) is 10.1 Å². The van der Waals surface area contributed by atoms with Crippen molar-refractivity contribution in [1.29, 1.82) is 0 Å². The summed E-state index contributed by atoms with van der Waals surface area (Å²) in [6.07, 6.45) is 1.65. The van der Waals surface area contributed by atoms with E-state index in [0.717, 1.165) is 4.47 Å². The number of nitrogens with zero attached hydrogens (tertiary/aromatic N) is 2. The standard InChI is InChI=1S/C11H7BrN2O2S/c12-8-4-3-7-13-11(8)17-10-6-2-1-5-9(10)14(15)16/h1-7H. The molecule has 1 aromatic heterocycles. The van der Waals surface area contributed by atoms with Crippen LogP contribution in [0.15, 0.2) is 57.0 Å². The summed E-state index contributed by atoms with van der Waals surface area (Å²) in [6.45, 7) is 0. The molecule has 0 atom stereocenters. The number of nitro groups is 1. The number of nitro benzene ring substituents is 1. The lowest BCUT2D eigenvalue weighted by Gasteiger charge is -2.03. The van der Waals surface area contributed by atoms with Crippen molar-refractivity contribution in [3.05, 3.63) is 57.2 Å². The fourth-order valence-electron chi connectivity index (χ4n) is 1.24. The van der Waals surface area contributed by atoms with Crippen molar-refractivity contribution >= 4 is 33.4 Å². The summed E-state index contributed by atoms with van der Waals surface area (Å²) in [6, 6.07) is 10.3. The highest BCUT2D eigenvalue weighted by molar-refractivity contribution is 9.10. The first-order valence-corrected chi connectivity index (χ1v) is 6.31. The third-order valence-electron chi connectivity index (χ3n) is 1.99. The molecule has 0 fully saturated rings. The minimum Gasteiger partial charge on any atom is -0.258 e. The summed E-state index contributed by atoms with van der Waals surface area (Å²) in [5.74, 6) is 0. The number of rotatable bonds is 3. The average molecular weight is 311 g/mol. The number of halogens is 1. The molecule has 0 aliphatic rings. The Morgan fingerprint density at radius 3 is 2.71 bits per heavy atom. The fraction of sp³-hybridized carbons (Fsp3) is 0. The van der Waals surface area contributed by atoms with Crippen LogP contribution in [0.2, 0.25) is 0 Å². The van der Waals surface area contributed by atoms with Gasteiger partial charge in [-0.15, -0.1) is 0 Å². The fourth-order valence-corrected chi connectivity index (χ4v) is 2.62. The maximum atomic E-state index is 10.9. The zero-order chi connectivity index (χ0) is 12.3. The van der Waals surface area contributed by atoms with Crippen LogP contribution in [0.4, 0.5) is 5.69 Å². The third-order valence-corrected chi connectivity index (χ3v) is 3.98. The first-order chi connectivity index (χ1) is 8.18. The lowest BCUT2D eigenvalue weighted by molar-refractivity contribution is -0.387. The van der Waals surface area contributed by atoms with Crippen molar-refractivity contribution in [2.24, 2.45) is 0 Å². The van der Waals surface area contributed by atoms with E-state index in [9.17, 15) is 10.1 Å². The van der Waals surface area contributed by atoms with E-state index in [1.807, 2.05) is 6.07 Å². The van der Waals surface area contributed by atoms with Crippen LogP contribution in [0, 0.1) is 10.1 Å². The molecule has 1 heterocycles. The summed E-state index contributed by atoms with van der Waals surface area (Å²) in [7, 11) is 0. The maximum absolute atomic E-state index is 10.9. The second-order valence-corrected chi connectivity index (χ2v) is 5.00. The maximum Gasteiger partial charge on any atom is 0.283 e. The first-order valence-electron chi connectivity index (χ1n) is 4.70. The van der Waals surface area contributed by atoms with Crippen molar-refractivity contribution in [3.8, 4) is 0 Å². The minimum atomic E-state index is -0.390. The van der Waals surface area contributed by atoms with Gasteiger partial charge in [0.25, 0.3) is 5.69 Å². The Hall–Kier alpha value is -1.40. The zero-order valence-corrected chi connectivity index (χ0v) is 10.9. The molecule has 0 radical (unpaired) electrons. The molecular formula is C11H7BrN2O2S. The van der Waals surface area contributed by atoms with Crippen LogP contribution in [0.3, 0.4) is 0 Å². The highest BCUT2D eigenvalue weighted by Gasteiger charge is 2.14. The SMILES string of the molecule is O=[N+]([O-])c1ccccc1Sc1ncccc1Br. The Kier molecular flexibility index (Phi) is 3.75. The van der Waals surface area contributed by atoms with Gasteiger partial charge in [0.05, 0.1) is 14.3 Å². The molecule has 6 heteroatoms. The summed E-state index contributed by atoms with van der Waals surface area (Å²) in [5.41, 5.74) is 0.0926. The Balaban J connectivity index is 2.37. The molecule has 0 aliphatic carbocycles. The van der Waals surface area contributed by atoms with Gasteiger partial charge < -0.3 is 0 Å². The molecule has 0 bridgehead atoms. The van der Waals surface area contributed by atoms with Crippen molar-refractivity contribution in [2.45, 2.75) is 9.92 Å². The molecule has 0 aliphatic heterocycles. The van der Waals surface area contributed by atoms with Crippen LogP contribution < -0.4 is 0 Å². The highest BCUT2D eigenvalue weighted by Crippen LogP contribution is 2.36. The number of benzene rings is 1. The van der Waals surface area contributed by atoms with E-state index in [0.29, 0.717) is 9.92 Å². The molecule has 1 aromatic carbocycles. The van der Waals surface area contributed by atoms with Gasteiger partial charge in [0.15, 0.2) is 0 Å². The second-order valence-electron chi connectivity index (χ2n) is 3.12. The molecule has 0 saturated carbocycles. The van der Waals surface area contributed by atoms with Crippen molar-refractivity contribution < 1.29 is 4.92 Å². The molecule has 2 aromatic rings. The summed E-state index contributed by atoms with van der Waals surface area (Å²) >= 11 is 4.63. The topological polar surface area (TPSA) is 56.0 Å². The van der Waals surface area contributed by atoms with Crippen LogP contribution in [-0.4, -0.2) is 9.91 Å². The van der Waals surface area contributed by atoms with Gasteiger partial charge in [-0.05, 0) is 34.1 Å². The van der Waals surface area contributed by atoms with Crippen molar-refractivity contribution in [2.75, 3.05) is 0 Å². The van der Waals surface area contributed by atoms with Gasteiger partial charge in [0.1, 0.15) is 5.03 Å². The molecule has 0 amide bonds. The van der Waals surface area contributed by atoms with Crippen LogP contribution in [0.25, 0.3) is 0 Å². The van der Waals surface area contributed by atoms with Gasteiger partial charge in [0.2, 0.25) is 0 Å². The van der Waals surface area contributed by atoms with Gasteiger partial charge >= 0.3 is 0 Å². The lowest BCUT2D eigenvalue weighted by Crippen LogP contribution is -1.90. The quantitative estimate of drug-likeness (QED) is 0.637. The predicted octanol–water partition coefficient (Wildman–Crippen LogP) is 3.90. The molecule has 17 heavy (non-hydrogen) atoms. The van der Waals surface area contributed by atoms with E-state index in [-0.39, 0.29) is 10.6 Å². The van der Waals surface area contributed by atoms with E-state index < -0.39 is 0 Å². The number of aromatic nitrogens is 1. The highest BCUT2D eigenvalue weighted by atomic mass is 79.9. The van der Waals surface area contributed by atoms with Crippen molar-refractivity contribution in [1.82, 2.24) is 4.98 Å².